The number of benzene rings is 2. The molecular formula is C26H20BrFN8O2S. The molecule has 13 heteroatoms. The maximum atomic E-state index is 14.8. The SMILES string of the molecule is C[C@H](c1csc2ccccc12)n1cc(-c2cc(NC(=O)Cn3cnc4c(c(Br)nn4C)c3=O)ccc2F)nn1. The van der Waals surface area contributed by atoms with Gasteiger partial charge in [-0.15, -0.1) is 16.4 Å². The van der Waals surface area contributed by atoms with Gasteiger partial charge in [-0.2, -0.15) is 5.10 Å². The minimum absolute atomic E-state index is 0.113. The van der Waals surface area contributed by atoms with Crippen LogP contribution in [-0.2, 0) is 18.4 Å². The highest BCUT2D eigenvalue weighted by atomic mass is 79.9. The normalized spacial score (nSPS) is 12.3. The first-order valence-corrected chi connectivity index (χ1v) is 13.5. The third kappa shape index (κ3) is 4.53. The van der Waals surface area contributed by atoms with Gasteiger partial charge in [-0.25, -0.2) is 18.7 Å². The Morgan fingerprint density at radius 3 is 2.90 bits per heavy atom. The van der Waals surface area contributed by atoms with Crippen LogP contribution in [0.25, 0.3) is 32.4 Å². The molecule has 4 heterocycles. The summed E-state index contributed by atoms with van der Waals surface area (Å²) in [4.78, 5) is 29.8. The number of hydrogen-bond acceptors (Lipinski definition) is 7. The lowest BCUT2D eigenvalue weighted by molar-refractivity contribution is -0.116. The van der Waals surface area contributed by atoms with Crippen molar-refractivity contribution in [3.63, 3.8) is 0 Å². The van der Waals surface area contributed by atoms with Crippen LogP contribution in [0.5, 0.6) is 0 Å². The summed E-state index contributed by atoms with van der Waals surface area (Å²) in [6.07, 6.45) is 2.98. The molecule has 6 aromatic rings. The summed E-state index contributed by atoms with van der Waals surface area (Å²) in [5.41, 5.74) is 1.99. The van der Waals surface area contributed by atoms with Gasteiger partial charge in [-0.3, -0.25) is 14.2 Å². The Morgan fingerprint density at radius 1 is 1.23 bits per heavy atom. The average Bonchev–Trinajstić information content (AvgIpc) is 3.64. The van der Waals surface area contributed by atoms with Gasteiger partial charge in [0.2, 0.25) is 5.91 Å². The lowest BCUT2D eigenvalue weighted by Gasteiger charge is -2.10. The first-order valence-electron chi connectivity index (χ1n) is 11.9. The molecule has 0 aliphatic rings. The maximum absolute atomic E-state index is 14.8. The van der Waals surface area contributed by atoms with E-state index in [4.69, 9.17) is 0 Å². The van der Waals surface area contributed by atoms with Crippen molar-refractivity contribution in [3.8, 4) is 11.3 Å². The molecule has 0 unspecified atom stereocenters. The summed E-state index contributed by atoms with van der Waals surface area (Å²) in [6, 6.07) is 12.2. The second kappa shape index (κ2) is 9.82. The molecule has 4 aromatic heterocycles. The number of aryl methyl sites for hydroxylation is 1. The van der Waals surface area contributed by atoms with Crippen LogP contribution in [0.1, 0.15) is 18.5 Å². The lowest BCUT2D eigenvalue weighted by atomic mass is 10.1. The Bertz CT molecular complexity index is 1940. The number of aromatic nitrogens is 7. The van der Waals surface area contributed by atoms with Gasteiger partial charge in [0.1, 0.15) is 34.4 Å². The molecular weight excluding hydrogens is 587 g/mol. The van der Waals surface area contributed by atoms with E-state index in [0.717, 1.165) is 10.9 Å². The van der Waals surface area contributed by atoms with E-state index in [1.807, 2.05) is 19.1 Å². The van der Waals surface area contributed by atoms with Crippen LogP contribution in [0, 0.1) is 5.82 Å². The number of amides is 1. The van der Waals surface area contributed by atoms with Crippen LogP contribution in [0.15, 0.2) is 69.8 Å². The number of thiophene rings is 1. The molecule has 10 nitrogen and oxygen atoms in total. The van der Waals surface area contributed by atoms with Gasteiger partial charge in [0.05, 0.1) is 12.2 Å². The number of carbonyl (C=O) groups excluding carboxylic acids is 1. The maximum Gasteiger partial charge on any atom is 0.266 e. The Hall–Kier alpha value is -4.23. The zero-order valence-corrected chi connectivity index (χ0v) is 23.1. The van der Waals surface area contributed by atoms with Crippen molar-refractivity contribution in [3.05, 3.63) is 86.7 Å². The van der Waals surface area contributed by atoms with E-state index in [0.29, 0.717) is 21.6 Å². The topological polar surface area (TPSA) is 113 Å². The van der Waals surface area contributed by atoms with Gasteiger partial charge >= 0.3 is 0 Å². The molecule has 0 bridgehead atoms. The van der Waals surface area contributed by atoms with Crippen LogP contribution in [0.3, 0.4) is 0 Å². The summed E-state index contributed by atoms with van der Waals surface area (Å²) >= 11 is 4.92. The van der Waals surface area contributed by atoms with Crippen molar-refractivity contribution in [2.45, 2.75) is 19.5 Å². The molecule has 0 saturated heterocycles. The fourth-order valence-corrected chi connectivity index (χ4v) is 6.09. The molecule has 2 aromatic carbocycles. The van der Waals surface area contributed by atoms with Crippen molar-refractivity contribution in [2.24, 2.45) is 7.05 Å². The highest BCUT2D eigenvalue weighted by Crippen LogP contribution is 2.32. The molecule has 1 amide bonds. The third-order valence-electron chi connectivity index (χ3n) is 6.48. The molecule has 0 aliphatic heterocycles. The van der Waals surface area contributed by atoms with Crippen molar-refractivity contribution >= 4 is 60.0 Å². The van der Waals surface area contributed by atoms with Crippen molar-refractivity contribution in [1.82, 2.24) is 34.3 Å². The zero-order chi connectivity index (χ0) is 27.3. The van der Waals surface area contributed by atoms with Gasteiger partial charge in [0, 0.05) is 23.0 Å². The Kier molecular flexibility index (Phi) is 6.31. The molecule has 6 rings (SSSR count). The first kappa shape index (κ1) is 25.1. The predicted octanol–water partition coefficient (Wildman–Crippen LogP) is 4.75. The van der Waals surface area contributed by atoms with Gasteiger partial charge in [0.25, 0.3) is 5.56 Å². The largest absolute Gasteiger partial charge is 0.325 e. The van der Waals surface area contributed by atoms with Crippen LogP contribution >= 0.6 is 27.3 Å². The van der Waals surface area contributed by atoms with E-state index >= 15 is 0 Å². The second-order valence-electron chi connectivity index (χ2n) is 8.98. The number of nitrogens with one attached hydrogen (secondary N) is 1. The van der Waals surface area contributed by atoms with Crippen LogP contribution < -0.4 is 10.9 Å². The van der Waals surface area contributed by atoms with Gasteiger partial charge in [-0.1, -0.05) is 23.4 Å². The number of carbonyl (C=O) groups is 1. The average molecular weight is 607 g/mol. The Balaban J connectivity index is 1.22. The highest BCUT2D eigenvalue weighted by Gasteiger charge is 2.18. The van der Waals surface area contributed by atoms with Crippen molar-refractivity contribution in [2.75, 3.05) is 5.32 Å². The fourth-order valence-electron chi connectivity index (χ4n) is 4.46. The summed E-state index contributed by atoms with van der Waals surface area (Å²) in [7, 11) is 1.67. The van der Waals surface area contributed by atoms with E-state index in [1.54, 1.807) is 29.3 Å². The third-order valence-corrected chi connectivity index (χ3v) is 8.01. The van der Waals surface area contributed by atoms with Crippen molar-refractivity contribution in [1.29, 1.82) is 0 Å². The zero-order valence-electron chi connectivity index (χ0n) is 20.7. The molecule has 1 atom stereocenters. The number of halogens is 2. The molecule has 0 aliphatic carbocycles. The van der Waals surface area contributed by atoms with Crippen LogP contribution in [-0.4, -0.2) is 40.2 Å². The quantitative estimate of drug-likeness (QED) is 0.293. The molecule has 196 valence electrons. The van der Waals surface area contributed by atoms with Gasteiger partial charge < -0.3 is 5.32 Å². The number of nitrogens with zero attached hydrogens (tertiary/aromatic N) is 7. The van der Waals surface area contributed by atoms with E-state index in [-0.39, 0.29) is 23.5 Å². The number of rotatable bonds is 6. The second-order valence-corrected chi connectivity index (χ2v) is 10.6. The number of hydrogen-bond donors (Lipinski definition) is 1. The summed E-state index contributed by atoms with van der Waals surface area (Å²) in [5, 5.41) is 18.8. The molecule has 1 N–H and O–H groups in total. The fraction of sp³-hybridized carbons (Fsp3) is 0.154. The first-order chi connectivity index (χ1) is 18.8. The van der Waals surface area contributed by atoms with E-state index in [2.05, 4.69) is 59.2 Å². The minimum Gasteiger partial charge on any atom is -0.325 e. The summed E-state index contributed by atoms with van der Waals surface area (Å²) in [5.74, 6) is -0.974. The summed E-state index contributed by atoms with van der Waals surface area (Å²) in [6.45, 7) is 1.73. The number of fused-ring (bicyclic) bond motifs is 2. The highest BCUT2D eigenvalue weighted by molar-refractivity contribution is 9.10. The molecule has 39 heavy (non-hydrogen) atoms. The van der Waals surface area contributed by atoms with E-state index in [9.17, 15) is 14.0 Å². The van der Waals surface area contributed by atoms with Gasteiger partial charge in [0.15, 0.2) is 5.65 Å². The van der Waals surface area contributed by atoms with Gasteiger partial charge in [-0.05, 0) is 63.4 Å². The monoisotopic (exact) mass is 606 g/mol. The molecule has 0 spiro atoms. The van der Waals surface area contributed by atoms with E-state index in [1.165, 1.54) is 38.5 Å². The number of anilines is 1. The van der Waals surface area contributed by atoms with Crippen molar-refractivity contribution < 1.29 is 9.18 Å². The molecule has 0 radical (unpaired) electrons. The van der Waals surface area contributed by atoms with Crippen LogP contribution in [0.4, 0.5) is 10.1 Å². The summed E-state index contributed by atoms with van der Waals surface area (Å²) < 4.78 is 20.7. The smallest absolute Gasteiger partial charge is 0.266 e. The molecule has 0 fully saturated rings. The Labute approximate surface area is 232 Å². The van der Waals surface area contributed by atoms with Crippen LogP contribution in [0.2, 0.25) is 0 Å². The lowest BCUT2D eigenvalue weighted by Crippen LogP contribution is -2.28. The standard InChI is InChI=1S/C26H20BrFN8O2S/c1-14(18-12-39-21-6-4-3-5-16(18)21)36-10-20(31-33-36)17-9-15(7-8-19(17)28)30-22(37)11-35-13-29-25-23(26(35)38)24(27)32-34(25)2/h3-10,12-14H,11H2,1-2H3,(H,30,37)/t14-/m1/s1. The molecule has 0 saturated carbocycles. The minimum atomic E-state index is -0.499. The predicted molar refractivity (Wildman–Crippen MR) is 150 cm³/mol. The Morgan fingerprint density at radius 2 is 2.05 bits per heavy atom. The van der Waals surface area contributed by atoms with E-state index < -0.39 is 17.3 Å².